The van der Waals surface area contributed by atoms with Crippen LogP contribution in [-0.4, -0.2) is 0 Å². The quantitative estimate of drug-likeness (QED) is 0.244. The molecular formula is C28H18BrNS. The van der Waals surface area contributed by atoms with Gasteiger partial charge in [0.2, 0.25) is 0 Å². The molecule has 0 aliphatic carbocycles. The number of hydrogen-bond acceptors (Lipinski definition) is 2. The van der Waals surface area contributed by atoms with Crippen molar-refractivity contribution < 1.29 is 0 Å². The molecule has 0 bridgehead atoms. The molecule has 0 fully saturated rings. The van der Waals surface area contributed by atoms with Gasteiger partial charge < -0.3 is 4.90 Å². The Morgan fingerprint density at radius 1 is 0.516 bits per heavy atom. The van der Waals surface area contributed by atoms with Crippen molar-refractivity contribution in [3.05, 3.63) is 114 Å². The zero-order valence-corrected chi connectivity index (χ0v) is 19.0. The molecule has 0 aliphatic rings. The van der Waals surface area contributed by atoms with Crippen LogP contribution in [0.1, 0.15) is 0 Å². The van der Waals surface area contributed by atoms with Gasteiger partial charge in [-0.2, -0.15) is 0 Å². The highest BCUT2D eigenvalue weighted by molar-refractivity contribution is 9.10. The molecule has 1 heterocycles. The maximum Gasteiger partial charge on any atom is 0.0468 e. The monoisotopic (exact) mass is 479 g/mol. The van der Waals surface area contributed by atoms with Crippen LogP contribution in [0.5, 0.6) is 0 Å². The lowest BCUT2D eigenvalue weighted by Gasteiger charge is -2.26. The molecule has 6 aromatic rings. The van der Waals surface area contributed by atoms with Crippen molar-refractivity contribution in [2.75, 3.05) is 4.90 Å². The molecule has 1 aromatic heterocycles. The smallest absolute Gasteiger partial charge is 0.0468 e. The van der Waals surface area contributed by atoms with Crippen molar-refractivity contribution in [1.82, 2.24) is 0 Å². The van der Waals surface area contributed by atoms with Crippen LogP contribution >= 0.6 is 27.3 Å². The Kier molecular flexibility index (Phi) is 4.52. The van der Waals surface area contributed by atoms with E-state index in [4.69, 9.17) is 0 Å². The van der Waals surface area contributed by atoms with Gasteiger partial charge in [0, 0.05) is 41.7 Å². The Hall–Kier alpha value is -3.14. The van der Waals surface area contributed by atoms with E-state index in [1.54, 1.807) is 0 Å². The van der Waals surface area contributed by atoms with E-state index in [0.29, 0.717) is 0 Å². The van der Waals surface area contributed by atoms with Gasteiger partial charge in [-0.1, -0.05) is 64.5 Å². The van der Waals surface area contributed by atoms with Gasteiger partial charge in [0.1, 0.15) is 0 Å². The minimum absolute atomic E-state index is 1.08. The average molecular weight is 480 g/mol. The molecule has 0 atom stereocenters. The predicted molar refractivity (Wildman–Crippen MR) is 139 cm³/mol. The van der Waals surface area contributed by atoms with Crippen molar-refractivity contribution in [1.29, 1.82) is 0 Å². The fraction of sp³-hybridized carbons (Fsp3) is 0. The molecule has 0 saturated heterocycles. The Labute approximate surface area is 193 Å². The molecular weight excluding hydrogens is 462 g/mol. The van der Waals surface area contributed by atoms with Crippen molar-refractivity contribution in [3.63, 3.8) is 0 Å². The van der Waals surface area contributed by atoms with E-state index >= 15 is 0 Å². The van der Waals surface area contributed by atoms with Crippen molar-refractivity contribution in [2.45, 2.75) is 0 Å². The number of hydrogen-bond donors (Lipinski definition) is 0. The number of fused-ring (bicyclic) bond motifs is 4. The normalized spacial score (nSPS) is 11.4. The average Bonchev–Trinajstić information content (AvgIpc) is 3.19. The highest BCUT2D eigenvalue weighted by atomic mass is 79.9. The van der Waals surface area contributed by atoms with Gasteiger partial charge in [0.15, 0.2) is 0 Å². The van der Waals surface area contributed by atoms with Crippen LogP contribution < -0.4 is 4.90 Å². The zero-order valence-electron chi connectivity index (χ0n) is 16.6. The molecule has 0 spiro atoms. The SMILES string of the molecule is Brc1ccc(N(c2ccc3ccccc3c2)c2ccc3sc4ccccc4c3c2)cc1. The molecule has 0 radical (unpaired) electrons. The molecule has 0 N–H and O–H groups in total. The maximum absolute atomic E-state index is 3.58. The van der Waals surface area contributed by atoms with E-state index in [0.717, 1.165) is 21.5 Å². The van der Waals surface area contributed by atoms with Crippen LogP contribution in [0.3, 0.4) is 0 Å². The number of anilines is 3. The molecule has 0 amide bonds. The highest BCUT2D eigenvalue weighted by Gasteiger charge is 2.15. The molecule has 1 nitrogen and oxygen atoms in total. The highest BCUT2D eigenvalue weighted by Crippen LogP contribution is 2.41. The Balaban J connectivity index is 1.59. The molecule has 0 saturated carbocycles. The Bertz CT molecular complexity index is 1550. The van der Waals surface area contributed by atoms with E-state index in [-0.39, 0.29) is 0 Å². The summed E-state index contributed by atoms with van der Waals surface area (Å²) in [6, 6.07) is 39.2. The van der Waals surface area contributed by atoms with E-state index in [2.05, 4.69) is 130 Å². The fourth-order valence-electron chi connectivity index (χ4n) is 4.21. The van der Waals surface area contributed by atoms with Crippen LogP contribution in [0.4, 0.5) is 17.1 Å². The minimum atomic E-state index is 1.08. The summed E-state index contributed by atoms with van der Waals surface area (Å²) >= 11 is 5.43. The number of nitrogens with zero attached hydrogens (tertiary/aromatic N) is 1. The summed E-state index contributed by atoms with van der Waals surface area (Å²) in [6.45, 7) is 0. The summed E-state index contributed by atoms with van der Waals surface area (Å²) in [6.07, 6.45) is 0. The summed E-state index contributed by atoms with van der Waals surface area (Å²) in [4.78, 5) is 2.34. The van der Waals surface area contributed by atoms with Crippen LogP contribution in [0.2, 0.25) is 0 Å². The first kappa shape index (κ1) is 18.6. The van der Waals surface area contributed by atoms with Gasteiger partial charge in [-0.05, 0) is 71.4 Å². The molecule has 5 aromatic carbocycles. The largest absolute Gasteiger partial charge is 0.310 e. The van der Waals surface area contributed by atoms with Gasteiger partial charge in [-0.3, -0.25) is 0 Å². The van der Waals surface area contributed by atoms with Gasteiger partial charge in [-0.25, -0.2) is 0 Å². The van der Waals surface area contributed by atoms with Gasteiger partial charge in [-0.15, -0.1) is 11.3 Å². The van der Waals surface area contributed by atoms with Crippen molar-refractivity contribution >= 4 is 75.3 Å². The van der Waals surface area contributed by atoms with Crippen molar-refractivity contribution in [3.8, 4) is 0 Å². The van der Waals surface area contributed by atoms with E-state index in [9.17, 15) is 0 Å². The van der Waals surface area contributed by atoms with Crippen molar-refractivity contribution in [2.24, 2.45) is 0 Å². The second kappa shape index (κ2) is 7.52. The predicted octanol–water partition coefficient (Wildman–Crippen LogP) is 9.44. The zero-order chi connectivity index (χ0) is 20.8. The third kappa shape index (κ3) is 3.31. The summed E-state index contributed by atoms with van der Waals surface area (Å²) in [5, 5.41) is 5.12. The standard InChI is InChI=1S/C28H18BrNS/c29-21-10-13-22(14-11-21)30(23-12-9-19-5-1-2-6-20(19)17-23)24-15-16-28-26(18-24)25-7-3-4-8-27(25)31-28/h1-18H. The first-order chi connectivity index (χ1) is 15.3. The van der Waals surface area contributed by atoms with Gasteiger partial charge >= 0.3 is 0 Å². The topological polar surface area (TPSA) is 3.24 Å². The van der Waals surface area contributed by atoms with Crippen LogP contribution in [-0.2, 0) is 0 Å². The third-order valence-corrected chi connectivity index (χ3v) is 7.38. The third-order valence-electron chi connectivity index (χ3n) is 5.69. The fourth-order valence-corrected chi connectivity index (χ4v) is 5.56. The number of halogens is 1. The van der Waals surface area contributed by atoms with Crippen LogP contribution in [0.15, 0.2) is 114 Å². The Morgan fingerprint density at radius 3 is 2.03 bits per heavy atom. The van der Waals surface area contributed by atoms with Gasteiger partial charge in [0.05, 0.1) is 0 Å². The maximum atomic E-state index is 3.58. The molecule has 3 heteroatoms. The lowest BCUT2D eigenvalue weighted by Crippen LogP contribution is -2.09. The number of rotatable bonds is 3. The van der Waals surface area contributed by atoms with E-state index < -0.39 is 0 Å². The van der Waals surface area contributed by atoms with Crippen LogP contribution in [0.25, 0.3) is 30.9 Å². The summed E-state index contributed by atoms with van der Waals surface area (Å²) in [5.74, 6) is 0. The summed E-state index contributed by atoms with van der Waals surface area (Å²) < 4.78 is 3.73. The second-order valence-corrected chi connectivity index (χ2v) is 9.62. The van der Waals surface area contributed by atoms with Crippen LogP contribution in [0, 0.1) is 0 Å². The lowest BCUT2D eigenvalue weighted by molar-refractivity contribution is 1.29. The first-order valence-corrected chi connectivity index (χ1v) is 11.8. The number of benzene rings is 5. The molecule has 6 rings (SSSR count). The van der Waals surface area contributed by atoms with Gasteiger partial charge in [0.25, 0.3) is 0 Å². The number of thiophene rings is 1. The Morgan fingerprint density at radius 2 is 1.16 bits per heavy atom. The second-order valence-electron chi connectivity index (χ2n) is 7.62. The molecule has 148 valence electrons. The van der Waals surface area contributed by atoms with E-state index in [1.165, 1.54) is 30.9 Å². The lowest BCUT2D eigenvalue weighted by atomic mass is 10.1. The summed E-state index contributed by atoms with van der Waals surface area (Å²) in [7, 11) is 0. The molecule has 0 unspecified atom stereocenters. The molecule has 31 heavy (non-hydrogen) atoms. The minimum Gasteiger partial charge on any atom is -0.310 e. The summed E-state index contributed by atoms with van der Waals surface area (Å²) in [5.41, 5.74) is 3.45. The first-order valence-electron chi connectivity index (χ1n) is 10.2. The van der Waals surface area contributed by atoms with E-state index in [1.807, 2.05) is 11.3 Å². The molecule has 0 aliphatic heterocycles.